The van der Waals surface area contributed by atoms with Gasteiger partial charge >= 0.3 is 6.03 Å². The number of urea groups is 1. The Bertz CT molecular complexity index is 1220. The molecule has 35 heavy (non-hydrogen) atoms. The summed E-state index contributed by atoms with van der Waals surface area (Å²) in [6, 6.07) is 26.8. The molecule has 0 saturated carbocycles. The Labute approximate surface area is 205 Å². The molecule has 0 bridgehead atoms. The van der Waals surface area contributed by atoms with E-state index in [1.807, 2.05) is 91.1 Å². The molecule has 7 nitrogen and oxygen atoms in total. The third-order valence-electron chi connectivity index (χ3n) is 5.86. The first-order chi connectivity index (χ1) is 17.2. The molecule has 0 aliphatic rings. The number of amides is 3. The van der Waals surface area contributed by atoms with Crippen molar-refractivity contribution >= 4 is 22.8 Å². The summed E-state index contributed by atoms with van der Waals surface area (Å²) in [5.41, 5.74) is 9.88. The fourth-order valence-corrected chi connectivity index (χ4v) is 4.02. The third kappa shape index (κ3) is 7.19. The van der Waals surface area contributed by atoms with Crippen LogP contribution in [0, 0.1) is 0 Å². The maximum Gasteiger partial charge on any atom is 0.329 e. The van der Waals surface area contributed by atoms with Crippen LogP contribution >= 0.6 is 0 Å². The number of rotatable bonds is 11. The molecule has 1 aromatic heterocycles. The highest BCUT2D eigenvalue weighted by Gasteiger charge is 2.22. The highest BCUT2D eigenvalue weighted by Crippen LogP contribution is 2.19. The van der Waals surface area contributed by atoms with Gasteiger partial charge in [-0.15, -0.1) is 0 Å². The smallest absolute Gasteiger partial charge is 0.329 e. The number of carbonyl (C=O) groups is 2. The molecule has 0 radical (unpaired) electrons. The van der Waals surface area contributed by atoms with Crippen molar-refractivity contribution in [2.75, 3.05) is 13.1 Å². The number of carbonyl (C=O) groups excluding carboxylic acids is 2. The molecule has 1 atom stereocenters. The first kappa shape index (κ1) is 24.0. The van der Waals surface area contributed by atoms with E-state index in [0.717, 1.165) is 34.9 Å². The van der Waals surface area contributed by atoms with Crippen LogP contribution in [0.5, 0.6) is 0 Å². The fraction of sp³-hybridized carbons (Fsp3) is 0.214. The molecular weight excluding hydrogens is 438 g/mol. The van der Waals surface area contributed by atoms with Crippen molar-refractivity contribution in [3.8, 4) is 0 Å². The lowest BCUT2D eigenvalue weighted by Gasteiger charge is -2.19. The normalized spacial score (nSPS) is 11.7. The Kier molecular flexibility index (Phi) is 8.51. The van der Waals surface area contributed by atoms with Gasteiger partial charge in [0, 0.05) is 36.6 Å². The first-order valence-electron chi connectivity index (χ1n) is 11.9. The van der Waals surface area contributed by atoms with E-state index in [4.69, 9.17) is 0 Å². The number of hydrogen-bond donors (Lipinski definition) is 5. The van der Waals surface area contributed by atoms with Crippen LogP contribution in [0.25, 0.3) is 10.9 Å². The Balaban J connectivity index is 1.34. The molecule has 4 rings (SSSR count). The van der Waals surface area contributed by atoms with Gasteiger partial charge in [0.15, 0.2) is 0 Å². The number of hydrazine groups is 1. The number of H-pyrrole nitrogens is 1. The van der Waals surface area contributed by atoms with Crippen molar-refractivity contribution in [2.24, 2.45) is 0 Å². The van der Waals surface area contributed by atoms with Crippen molar-refractivity contribution in [1.82, 2.24) is 26.5 Å². The minimum absolute atomic E-state index is 0.217. The summed E-state index contributed by atoms with van der Waals surface area (Å²) in [5.74, 6) is -0.217. The lowest BCUT2D eigenvalue weighted by molar-refractivity contribution is -0.122. The van der Waals surface area contributed by atoms with Crippen molar-refractivity contribution in [1.29, 1.82) is 0 Å². The molecule has 180 valence electrons. The molecule has 0 saturated heterocycles. The van der Waals surface area contributed by atoms with Crippen LogP contribution < -0.4 is 21.5 Å². The number of aromatic nitrogens is 1. The number of para-hydroxylation sites is 1. The zero-order valence-electron chi connectivity index (χ0n) is 19.6. The first-order valence-corrected chi connectivity index (χ1v) is 11.9. The summed E-state index contributed by atoms with van der Waals surface area (Å²) in [7, 11) is 0. The number of benzene rings is 3. The molecule has 0 aliphatic heterocycles. The van der Waals surface area contributed by atoms with Crippen LogP contribution in [-0.4, -0.2) is 36.1 Å². The molecule has 7 heteroatoms. The van der Waals surface area contributed by atoms with Crippen molar-refractivity contribution < 1.29 is 9.59 Å². The molecule has 3 amide bonds. The minimum Gasteiger partial charge on any atom is -0.361 e. The average Bonchev–Trinajstić information content (AvgIpc) is 3.30. The van der Waals surface area contributed by atoms with Gasteiger partial charge in [0.25, 0.3) is 0 Å². The van der Waals surface area contributed by atoms with Crippen molar-refractivity contribution in [2.45, 2.75) is 25.3 Å². The van der Waals surface area contributed by atoms with Crippen molar-refractivity contribution in [3.63, 3.8) is 0 Å². The Morgan fingerprint density at radius 2 is 1.40 bits per heavy atom. The maximum atomic E-state index is 13.1. The van der Waals surface area contributed by atoms with Crippen LogP contribution in [0.3, 0.4) is 0 Å². The van der Waals surface area contributed by atoms with Gasteiger partial charge in [0.05, 0.1) is 0 Å². The monoisotopic (exact) mass is 469 g/mol. The standard InChI is InChI=1S/C28H31N5O2/c34-27(29-17-15-21-9-3-1-4-10-21)26(19-23-20-30-25-14-8-7-13-24(23)25)32-28(35)33-31-18-16-22-11-5-2-6-12-22/h1-14,20,26,30-31H,15-19H2,(H,29,34)(H2,32,33,35)/t26-/m1/s1. The van der Waals surface area contributed by atoms with Crippen LogP contribution in [0.2, 0.25) is 0 Å². The summed E-state index contributed by atoms with van der Waals surface area (Å²) in [4.78, 5) is 28.9. The second kappa shape index (κ2) is 12.4. The highest BCUT2D eigenvalue weighted by molar-refractivity contribution is 5.89. The van der Waals surface area contributed by atoms with Crippen LogP contribution in [0.15, 0.2) is 91.1 Å². The zero-order chi connectivity index (χ0) is 24.3. The van der Waals surface area contributed by atoms with E-state index in [1.165, 1.54) is 5.56 Å². The minimum atomic E-state index is -0.721. The van der Waals surface area contributed by atoms with Crippen molar-refractivity contribution in [3.05, 3.63) is 108 Å². The SMILES string of the molecule is O=C(NNCCc1ccccc1)N[C@H](Cc1c[nH]c2ccccc12)C(=O)NCCc1ccccc1. The molecule has 0 spiro atoms. The van der Waals surface area contributed by atoms with E-state index in [9.17, 15) is 9.59 Å². The fourth-order valence-electron chi connectivity index (χ4n) is 4.02. The van der Waals surface area contributed by atoms with Gasteiger partial charge in [-0.2, -0.15) is 0 Å². The average molecular weight is 470 g/mol. The Morgan fingerprint density at radius 3 is 2.11 bits per heavy atom. The summed E-state index contributed by atoms with van der Waals surface area (Å²) < 4.78 is 0. The molecule has 1 heterocycles. The number of aromatic amines is 1. The summed E-state index contributed by atoms with van der Waals surface area (Å²) >= 11 is 0. The second-order valence-electron chi connectivity index (χ2n) is 8.40. The van der Waals surface area contributed by atoms with Gasteiger partial charge in [-0.3, -0.25) is 10.2 Å². The second-order valence-corrected chi connectivity index (χ2v) is 8.40. The summed E-state index contributed by atoms with van der Waals surface area (Å²) in [5, 5.41) is 6.84. The van der Waals surface area contributed by atoms with Gasteiger partial charge in [0.2, 0.25) is 5.91 Å². The highest BCUT2D eigenvalue weighted by atomic mass is 16.2. The van der Waals surface area contributed by atoms with Gasteiger partial charge < -0.3 is 15.6 Å². The molecule has 5 N–H and O–H groups in total. The van der Waals surface area contributed by atoms with Gasteiger partial charge in [0.1, 0.15) is 6.04 Å². The van der Waals surface area contributed by atoms with E-state index in [0.29, 0.717) is 19.5 Å². The summed E-state index contributed by atoms with van der Waals surface area (Å²) in [6.45, 7) is 1.07. The topological polar surface area (TPSA) is 98.1 Å². The van der Waals surface area contributed by atoms with Gasteiger partial charge in [-0.05, 0) is 35.6 Å². The molecule has 3 aromatic carbocycles. The number of fused-ring (bicyclic) bond motifs is 1. The Morgan fingerprint density at radius 1 is 0.771 bits per heavy atom. The lowest BCUT2D eigenvalue weighted by Crippen LogP contribution is -2.54. The molecule has 4 aromatic rings. The lowest BCUT2D eigenvalue weighted by atomic mass is 10.0. The summed E-state index contributed by atoms with van der Waals surface area (Å²) in [6.07, 6.45) is 3.77. The zero-order valence-corrected chi connectivity index (χ0v) is 19.6. The molecule has 0 unspecified atom stereocenters. The third-order valence-corrected chi connectivity index (χ3v) is 5.86. The molecule has 0 aliphatic carbocycles. The van der Waals surface area contributed by atoms with Gasteiger partial charge in [-0.25, -0.2) is 10.2 Å². The molecule has 0 fully saturated rings. The maximum absolute atomic E-state index is 13.1. The van der Waals surface area contributed by atoms with E-state index >= 15 is 0 Å². The quantitative estimate of drug-likeness (QED) is 0.172. The van der Waals surface area contributed by atoms with E-state index in [-0.39, 0.29) is 5.91 Å². The van der Waals surface area contributed by atoms with E-state index in [2.05, 4.69) is 26.5 Å². The number of hydrogen-bond acceptors (Lipinski definition) is 3. The van der Waals surface area contributed by atoms with Gasteiger partial charge in [-0.1, -0.05) is 78.9 Å². The predicted octanol–water partition coefficient (Wildman–Crippen LogP) is 3.48. The molecular formula is C28H31N5O2. The van der Waals surface area contributed by atoms with Crippen LogP contribution in [0.4, 0.5) is 4.79 Å². The van der Waals surface area contributed by atoms with Crippen LogP contribution in [0.1, 0.15) is 16.7 Å². The van der Waals surface area contributed by atoms with E-state index < -0.39 is 12.1 Å². The predicted molar refractivity (Wildman–Crippen MR) is 139 cm³/mol. The van der Waals surface area contributed by atoms with E-state index in [1.54, 1.807) is 0 Å². The number of nitrogens with one attached hydrogen (secondary N) is 5. The largest absolute Gasteiger partial charge is 0.361 e. The Hall–Kier alpha value is -4.10. The van der Waals surface area contributed by atoms with Crippen LogP contribution in [-0.2, 0) is 24.1 Å².